The van der Waals surface area contributed by atoms with Crippen LogP contribution in [0.5, 0.6) is 0 Å². The minimum atomic E-state index is -3.74. The van der Waals surface area contributed by atoms with Gasteiger partial charge in [0.25, 0.3) is 0 Å². The molecule has 0 amide bonds. The first-order valence-corrected chi connectivity index (χ1v) is 8.99. The predicted octanol–water partition coefficient (Wildman–Crippen LogP) is 2.34. The van der Waals surface area contributed by atoms with Crippen molar-refractivity contribution in [1.82, 2.24) is 4.72 Å². The molecule has 1 atom stereocenters. The van der Waals surface area contributed by atoms with Crippen LogP contribution in [0, 0.1) is 5.82 Å². The van der Waals surface area contributed by atoms with Gasteiger partial charge in [0.15, 0.2) is 0 Å². The van der Waals surface area contributed by atoms with Crippen molar-refractivity contribution in [2.24, 2.45) is 0 Å². The van der Waals surface area contributed by atoms with Gasteiger partial charge in [-0.3, -0.25) is 0 Å². The van der Waals surface area contributed by atoms with Crippen molar-refractivity contribution >= 4 is 21.6 Å². The predicted molar refractivity (Wildman–Crippen MR) is 81.0 cm³/mol. The topological polar surface area (TPSA) is 64.6 Å². The van der Waals surface area contributed by atoms with Crippen LogP contribution in [0.25, 0.3) is 0 Å². The fourth-order valence-electron chi connectivity index (χ4n) is 2.14. The number of rotatable bonds is 8. The summed E-state index contributed by atoms with van der Waals surface area (Å²) in [5.74, 6) is -0.577. The molecule has 0 spiro atoms. The molecule has 1 aromatic rings. The minimum Gasteiger partial charge on any atom is -0.379 e. The molecule has 1 aromatic carbocycles. The van der Waals surface area contributed by atoms with E-state index in [9.17, 15) is 12.8 Å². The SMILES string of the molecule is O=S(=O)(NCCCOCC1CCCO1)c1ccc(F)cc1Cl. The second-order valence-electron chi connectivity index (χ2n) is 5.04. The molecule has 0 bridgehead atoms. The van der Waals surface area contributed by atoms with Crippen molar-refractivity contribution in [2.45, 2.75) is 30.3 Å². The van der Waals surface area contributed by atoms with Crippen molar-refractivity contribution in [3.8, 4) is 0 Å². The van der Waals surface area contributed by atoms with Crippen LogP contribution in [-0.2, 0) is 19.5 Å². The molecule has 0 aliphatic carbocycles. The van der Waals surface area contributed by atoms with Crippen molar-refractivity contribution < 1.29 is 22.3 Å². The van der Waals surface area contributed by atoms with E-state index in [4.69, 9.17) is 21.1 Å². The molecule has 0 radical (unpaired) electrons. The summed E-state index contributed by atoms with van der Waals surface area (Å²) in [4.78, 5) is -0.129. The third kappa shape index (κ3) is 5.17. The van der Waals surface area contributed by atoms with E-state index < -0.39 is 15.8 Å². The Labute approximate surface area is 134 Å². The summed E-state index contributed by atoms with van der Waals surface area (Å²) in [6.07, 6.45) is 2.77. The molecular formula is C14H19ClFNO4S. The lowest BCUT2D eigenvalue weighted by Gasteiger charge is -2.11. The quantitative estimate of drug-likeness (QED) is 0.730. The third-order valence-corrected chi connectivity index (χ3v) is 5.21. The molecular weight excluding hydrogens is 333 g/mol. The Kier molecular flexibility index (Phi) is 6.58. The molecule has 1 fully saturated rings. The van der Waals surface area contributed by atoms with Crippen molar-refractivity contribution in [3.63, 3.8) is 0 Å². The highest BCUT2D eigenvalue weighted by Crippen LogP contribution is 2.21. The van der Waals surface area contributed by atoms with Gasteiger partial charge in [-0.25, -0.2) is 17.5 Å². The summed E-state index contributed by atoms with van der Waals surface area (Å²) in [5, 5.41) is -0.137. The summed E-state index contributed by atoms with van der Waals surface area (Å²) >= 11 is 5.75. The van der Waals surface area contributed by atoms with Gasteiger partial charge in [-0.2, -0.15) is 0 Å². The van der Waals surface area contributed by atoms with E-state index in [-0.39, 0.29) is 22.6 Å². The van der Waals surface area contributed by atoms with E-state index in [1.165, 1.54) is 0 Å². The molecule has 5 nitrogen and oxygen atoms in total. The minimum absolute atomic E-state index is 0.129. The summed E-state index contributed by atoms with van der Waals surface area (Å²) in [7, 11) is -3.74. The van der Waals surface area contributed by atoms with Gasteiger partial charge in [-0.15, -0.1) is 0 Å². The van der Waals surface area contributed by atoms with Gasteiger partial charge in [0.2, 0.25) is 10.0 Å². The first kappa shape index (κ1) is 17.6. The lowest BCUT2D eigenvalue weighted by atomic mass is 10.2. The molecule has 1 heterocycles. The molecule has 124 valence electrons. The maximum atomic E-state index is 12.9. The van der Waals surface area contributed by atoms with E-state index >= 15 is 0 Å². The zero-order valence-corrected chi connectivity index (χ0v) is 13.6. The van der Waals surface area contributed by atoms with Crippen molar-refractivity contribution in [2.75, 3.05) is 26.4 Å². The molecule has 22 heavy (non-hydrogen) atoms. The Hall–Kier alpha value is -0.730. The number of halogens is 2. The highest BCUT2D eigenvalue weighted by Gasteiger charge is 2.18. The zero-order chi connectivity index (χ0) is 16.0. The number of benzene rings is 1. The monoisotopic (exact) mass is 351 g/mol. The number of hydrogen-bond acceptors (Lipinski definition) is 4. The van der Waals surface area contributed by atoms with Gasteiger partial charge in [-0.1, -0.05) is 11.6 Å². The van der Waals surface area contributed by atoms with E-state index in [2.05, 4.69) is 4.72 Å². The van der Waals surface area contributed by atoms with Crippen LogP contribution in [0.15, 0.2) is 23.1 Å². The molecule has 1 saturated heterocycles. The highest BCUT2D eigenvalue weighted by molar-refractivity contribution is 7.89. The summed E-state index contributed by atoms with van der Waals surface area (Å²) in [6, 6.07) is 3.18. The first-order chi connectivity index (χ1) is 10.5. The second-order valence-corrected chi connectivity index (χ2v) is 7.18. The highest BCUT2D eigenvalue weighted by atomic mass is 35.5. The van der Waals surface area contributed by atoms with Gasteiger partial charge in [0.05, 0.1) is 17.7 Å². The normalized spacial score (nSPS) is 18.7. The van der Waals surface area contributed by atoms with Gasteiger partial charge in [0.1, 0.15) is 10.7 Å². The Morgan fingerprint density at radius 2 is 2.27 bits per heavy atom. The first-order valence-electron chi connectivity index (χ1n) is 7.13. The largest absolute Gasteiger partial charge is 0.379 e. The molecule has 1 aliphatic rings. The molecule has 8 heteroatoms. The zero-order valence-electron chi connectivity index (χ0n) is 12.1. The average molecular weight is 352 g/mol. The van der Waals surface area contributed by atoms with Crippen molar-refractivity contribution in [3.05, 3.63) is 29.0 Å². The van der Waals surface area contributed by atoms with Gasteiger partial charge < -0.3 is 9.47 Å². The maximum absolute atomic E-state index is 12.9. The Bertz CT molecular complexity index is 591. The van der Waals surface area contributed by atoms with E-state index in [1.54, 1.807) is 0 Å². The second kappa shape index (κ2) is 8.21. The summed E-state index contributed by atoms with van der Waals surface area (Å²) in [6.45, 7) is 1.99. The maximum Gasteiger partial charge on any atom is 0.242 e. The molecule has 2 rings (SSSR count). The smallest absolute Gasteiger partial charge is 0.242 e. The fourth-order valence-corrected chi connectivity index (χ4v) is 3.75. The van der Waals surface area contributed by atoms with Gasteiger partial charge >= 0.3 is 0 Å². The fraction of sp³-hybridized carbons (Fsp3) is 0.571. The van der Waals surface area contributed by atoms with Gasteiger partial charge in [0, 0.05) is 19.8 Å². The lowest BCUT2D eigenvalue weighted by Crippen LogP contribution is -2.26. The van der Waals surface area contributed by atoms with Crippen LogP contribution in [0.1, 0.15) is 19.3 Å². The third-order valence-electron chi connectivity index (χ3n) is 3.27. The Morgan fingerprint density at radius 1 is 1.45 bits per heavy atom. The molecule has 1 unspecified atom stereocenters. The standard InChI is InChI=1S/C14H19ClFNO4S/c15-13-9-11(16)4-5-14(13)22(18,19)17-6-2-7-20-10-12-3-1-8-21-12/h4-5,9,12,17H,1-3,6-8,10H2. The van der Waals surface area contributed by atoms with E-state index in [0.29, 0.717) is 19.6 Å². The number of hydrogen-bond donors (Lipinski definition) is 1. The lowest BCUT2D eigenvalue weighted by molar-refractivity contribution is 0.0169. The number of sulfonamides is 1. The van der Waals surface area contributed by atoms with Crippen LogP contribution in [-0.4, -0.2) is 40.9 Å². The summed E-state index contributed by atoms with van der Waals surface area (Å²) in [5.41, 5.74) is 0. The number of ether oxygens (including phenoxy) is 2. The molecule has 1 N–H and O–H groups in total. The Balaban J connectivity index is 1.71. The molecule has 0 saturated carbocycles. The number of nitrogens with one attached hydrogen (secondary N) is 1. The van der Waals surface area contributed by atoms with Crippen molar-refractivity contribution in [1.29, 1.82) is 0 Å². The molecule has 0 aromatic heterocycles. The van der Waals surface area contributed by atoms with Crippen LogP contribution in [0.2, 0.25) is 5.02 Å². The van der Waals surface area contributed by atoms with Gasteiger partial charge in [-0.05, 0) is 37.5 Å². The summed E-state index contributed by atoms with van der Waals surface area (Å²) < 4.78 is 50.3. The van der Waals surface area contributed by atoms with Crippen LogP contribution < -0.4 is 4.72 Å². The van der Waals surface area contributed by atoms with Crippen LogP contribution >= 0.6 is 11.6 Å². The Morgan fingerprint density at radius 3 is 2.95 bits per heavy atom. The van der Waals surface area contributed by atoms with E-state index in [1.807, 2.05) is 0 Å². The van der Waals surface area contributed by atoms with Crippen LogP contribution in [0.4, 0.5) is 4.39 Å². The van der Waals surface area contributed by atoms with Crippen LogP contribution in [0.3, 0.4) is 0 Å². The van der Waals surface area contributed by atoms with E-state index in [0.717, 1.165) is 37.6 Å². The average Bonchev–Trinajstić information content (AvgIpc) is 2.95. The molecule has 1 aliphatic heterocycles.